The monoisotopic (exact) mass is 174 g/mol. The lowest BCUT2D eigenvalue weighted by Gasteiger charge is -2.13. The summed E-state index contributed by atoms with van der Waals surface area (Å²) in [5.41, 5.74) is 2.46. The van der Waals surface area contributed by atoms with Crippen molar-refractivity contribution in [2.24, 2.45) is 0 Å². The summed E-state index contributed by atoms with van der Waals surface area (Å²) in [5, 5.41) is 6.95. The third-order valence-electron chi connectivity index (χ3n) is 2.76. The van der Waals surface area contributed by atoms with Crippen molar-refractivity contribution in [1.82, 2.24) is 0 Å². The van der Waals surface area contributed by atoms with Crippen LogP contribution < -0.4 is 10.5 Å². The van der Waals surface area contributed by atoms with Crippen LogP contribution in [0, 0.1) is 0 Å². The molecule has 1 atom stereocenters. The van der Waals surface area contributed by atoms with Gasteiger partial charge in [-0.25, -0.2) is 0 Å². The number of nitrogens with one attached hydrogen (secondary N) is 2. The Morgan fingerprint density at radius 3 is 2.23 bits per heavy atom. The Labute approximate surface area is 79.9 Å². The van der Waals surface area contributed by atoms with Crippen molar-refractivity contribution >= 4 is 18.4 Å². The van der Waals surface area contributed by atoms with E-state index in [-0.39, 0.29) is 0 Å². The summed E-state index contributed by atoms with van der Waals surface area (Å²) in [4.78, 5) is 0. The fourth-order valence-electron chi connectivity index (χ4n) is 1.63. The molecular weight excluding hydrogens is 159 g/mol. The minimum absolute atomic E-state index is 0.405. The number of para-hydroxylation sites is 2. The van der Waals surface area contributed by atoms with Crippen LogP contribution in [-0.4, -0.2) is 6.98 Å². The number of anilines is 2. The van der Waals surface area contributed by atoms with Gasteiger partial charge in [0.2, 0.25) is 0 Å². The van der Waals surface area contributed by atoms with Gasteiger partial charge in [0.1, 0.15) is 0 Å². The molecule has 0 spiro atoms. The third kappa shape index (κ3) is 1.51. The number of hydrogen-bond acceptors (Lipinski definition) is 2. The summed E-state index contributed by atoms with van der Waals surface area (Å²) in [5.74, 6) is 0.660. The van der Waals surface area contributed by atoms with E-state index in [1.54, 1.807) is 0 Å². The van der Waals surface area contributed by atoms with Crippen molar-refractivity contribution < 1.29 is 0 Å². The number of rotatable bonds is 2. The predicted octanol–water partition coefficient (Wildman–Crippen LogP) is 2.81. The molecule has 1 heterocycles. The summed E-state index contributed by atoms with van der Waals surface area (Å²) < 4.78 is 0. The van der Waals surface area contributed by atoms with Crippen molar-refractivity contribution in [3.05, 3.63) is 24.3 Å². The molecule has 1 aromatic carbocycles. The maximum absolute atomic E-state index is 3.47. The smallest absolute Gasteiger partial charge is 0.373 e. The Kier molecular flexibility index (Phi) is 2.17. The first-order valence-electron chi connectivity index (χ1n) is 4.93. The van der Waals surface area contributed by atoms with Crippen LogP contribution in [0.5, 0.6) is 0 Å². The number of hydrogen-bond donors (Lipinski definition) is 2. The maximum atomic E-state index is 3.47. The molecule has 1 aliphatic heterocycles. The quantitative estimate of drug-likeness (QED) is 0.673. The van der Waals surface area contributed by atoms with Crippen molar-refractivity contribution in [2.75, 3.05) is 10.5 Å². The molecule has 2 rings (SSSR count). The van der Waals surface area contributed by atoms with Gasteiger partial charge in [-0.05, 0) is 17.9 Å². The van der Waals surface area contributed by atoms with E-state index in [1.165, 1.54) is 17.8 Å². The van der Waals surface area contributed by atoms with Gasteiger partial charge in [0, 0.05) is 11.4 Å². The second-order valence-corrected chi connectivity index (χ2v) is 3.70. The lowest BCUT2D eigenvalue weighted by atomic mass is 9.63. The normalized spacial score (nSPS) is 16.0. The summed E-state index contributed by atoms with van der Waals surface area (Å²) in [6.45, 7) is 4.88. The fourth-order valence-corrected chi connectivity index (χ4v) is 1.63. The third-order valence-corrected chi connectivity index (χ3v) is 2.76. The van der Waals surface area contributed by atoms with Crippen LogP contribution in [0.4, 0.5) is 11.4 Å². The lowest BCUT2D eigenvalue weighted by molar-refractivity contribution is 0.859. The van der Waals surface area contributed by atoms with Gasteiger partial charge < -0.3 is 10.5 Å². The largest absolute Gasteiger partial charge is 0.408 e. The van der Waals surface area contributed by atoms with Crippen molar-refractivity contribution in [2.45, 2.75) is 26.1 Å². The molecule has 2 N–H and O–H groups in total. The van der Waals surface area contributed by atoms with E-state index in [2.05, 4.69) is 48.6 Å². The molecule has 0 aromatic heterocycles. The Hall–Kier alpha value is -1.12. The fraction of sp³-hybridized carbons (Fsp3) is 0.400. The first kappa shape index (κ1) is 8.48. The SMILES string of the molecule is CCC(C)B1Nc2ccccc2N1. The number of fused-ring (bicyclic) bond motifs is 1. The van der Waals surface area contributed by atoms with Crippen molar-refractivity contribution in [3.63, 3.8) is 0 Å². The van der Waals surface area contributed by atoms with E-state index in [9.17, 15) is 0 Å². The van der Waals surface area contributed by atoms with Gasteiger partial charge in [0.15, 0.2) is 0 Å². The first-order valence-corrected chi connectivity index (χ1v) is 4.93. The van der Waals surface area contributed by atoms with E-state index in [1.807, 2.05) is 0 Å². The Morgan fingerprint density at radius 2 is 1.77 bits per heavy atom. The molecule has 0 saturated heterocycles. The molecule has 0 fully saturated rings. The predicted molar refractivity (Wildman–Crippen MR) is 59.2 cm³/mol. The van der Waals surface area contributed by atoms with Crippen LogP contribution in [0.3, 0.4) is 0 Å². The van der Waals surface area contributed by atoms with Crippen molar-refractivity contribution in [1.29, 1.82) is 0 Å². The second kappa shape index (κ2) is 3.33. The highest BCUT2D eigenvalue weighted by Crippen LogP contribution is 2.30. The van der Waals surface area contributed by atoms with Gasteiger partial charge in [-0.2, -0.15) is 0 Å². The zero-order valence-corrected chi connectivity index (χ0v) is 8.17. The average Bonchev–Trinajstić information content (AvgIpc) is 2.59. The van der Waals surface area contributed by atoms with Crippen LogP contribution in [-0.2, 0) is 0 Å². The highest BCUT2D eigenvalue weighted by Gasteiger charge is 2.28. The Balaban J connectivity index is 2.14. The van der Waals surface area contributed by atoms with Gasteiger partial charge in [-0.15, -0.1) is 0 Å². The minimum atomic E-state index is 0.405. The molecule has 0 radical (unpaired) electrons. The van der Waals surface area contributed by atoms with E-state index in [0.29, 0.717) is 12.8 Å². The summed E-state index contributed by atoms with van der Waals surface area (Å²) in [6.07, 6.45) is 1.19. The van der Waals surface area contributed by atoms with Crippen LogP contribution in [0.2, 0.25) is 5.82 Å². The molecule has 0 bridgehead atoms. The van der Waals surface area contributed by atoms with Crippen molar-refractivity contribution in [3.8, 4) is 0 Å². The van der Waals surface area contributed by atoms with E-state index in [4.69, 9.17) is 0 Å². The molecule has 0 amide bonds. The van der Waals surface area contributed by atoms with Crippen LogP contribution in [0.1, 0.15) is 20.3 Å². The molecule has 1 aliphatic rings. The van der Waals surface area contributed by atoms with Gasteiger partial charge in [0.25, 0.3) is 0 Å². The van der Waals surface area contributed by atoms with E-state index in [0.717, 1.165) is 0 Å². The van der Waals surface area contributed by atoms with E-state index < -0.39 is 0 Å². The minimum Gasteiger partial charge on any atom is -0.408 e. The zero-order chi connectivity index (χ0) is 9.26. The standard InChI is InChI=1S/C10H15BN2/c1-3-8(2)11-12-9-6-4-5-7-10(9)13-11/h4-8,12-13H,3H2,1-2H3. The lowest BCUT2D eigenvalue weighted by Crippen LogP contribution is -2.32. The molecule has 0 saturated carbocycles. The van der Waals surface area contributed by atoms with Gasteiger partial charge in [-0.3, -0.25) is 0 Å². The zero-order valence-electron chi connectivity index (χ0n) is 8.17. The maximum Gasteiger partial charge on any atom is 0.373 e. The Morgan fingerprint density at radius 1 is 1.23 bits per heavy atom. The topological polar surface area (TPSA) is 24.1 Å². The molecule has 3 heteroatoms. The Bertz CT molecular complexity index is 276. The number of benzene rings is 1. The molecule has 68 valence electrons. The highest BCUT2D eigenvalue weighted by molar-refractivity contribution is 6.69. The summed E-state index contributed by atoms with van der Waals surface area (Å²) in [6, 6.07) is 8.36. The molecular formula is C10H15BN2. The van der Waals surface area contributed by atoms with Crippen LogP contribution in [0.15, 0.2) is 24.3 Å². The molecule has 1 aromatic rings. The van der Waals surface area contributed by atoms with Gasteiger partial charge >= 0.3 is 6.98 Å². The van der Waals surface area contributed by atoms with Crippen LogP contribution >= 0.6 is 0 Å². The van der Waals surface area contributed by atoms with E-state index >= 15 is 0 Å². The van der Waals surface area contributed by atoms with Gasteiger partial charge in [0.05, 0.1) is 0 Å². The molecule has 2 nitrogen and oxygen atoms in total. The first-order chi connectivity index (χ1) is 6.31. The molecule has 0 aliphatic carbocycles. The molecule has 13 heavy (non-hydrogen) atoms. The summed E-state index contributed by atoms with van der Waals surface area (Å²) in [7, 11) is 0. The second-order valence-electron chi connectivity index (χ2n) is 3.70. The van der Waals surface area contributed by atoms with Crippen LogP contribution in [0.25, 0.3) is 0 Å². The summed E-state index contributed by atoms with van der Waals surface area (Å²) >= 11 is 0. The van der Waals surface area contributed by atoms with Gasteiger partial charge in [-0.1, -0.05) is 32.4 Å². The molecule has 1 unspecified atom stereocenters. The highest BCUT2D eigenvalue weighted by atomic mass is 15.0. The average molecular weight is 174 g/mol.